The van der Waals surface area contributed by atoms with Gasteiger partial charge in [-0.15, -0.1) is 0 Å². The quantitative estimate of drug-likeness (QED) is 0.752. The molecule has 1 unspecified atom stereocenters. The summed E-state index contributed by atoms with van der Waals surface area (Å²) in [4.78, 5) is 37.3. The predicted octanol–water partition coefficient (Wildman–Crippen LogP) is 0.0747. The first-order valence-corrected chi connectivity index (χ1v) is 6.66. The average Bonchev–Trinajstić information content (AvgIpc) is 2.34. The Morgan fingerprint density at radius 2 is 2.05 bits per heavy atom. The molecule has 1 amide bonds. The van der Waals surface area contributed by atoms with Crippen LogP contribution in [0.1, 0.15) is 37.3 Å². The van der Waals surface area contributed by atoms with Crippen LogP contribution >= 0.6 is 0 Å². The van der Waals surface area contributed by atoms with Gasteiger partial charge in [0.05, 0.1) is 6.04 Å². The molecule has 1 saturated carbocycles. The van der Waals surface area contributed by atoms with Crippen molar-refractivity contribution in [3.63, 3.8) is 0 Å². The normalized spacial score (nSPS) is 29.9. The summed E-state index contributed by atoms with van der Waals surface area (Å²) in [6.07, 6.45) is 4.94. The van der Waals surface area contributed by atoms with Crippen LogP contribution in [-0.4, -0.2) is 21.5 Å². The Balaban J connectivity index is 1.98. The van der Waals surface area contributed by atoms with Gasteiger partial charge >= 0.3 is 5.69 Å². The third kappa shape index (κ3) is 2.11. The molecule has 2 aliphatic rings. The Morgan fingerprint density at radius 1 is 1.26 bits per heavy atom. The van der Waals surface area contributed by atoms with Gasteiger partial charge in [-0.05, 0) is 32.1 Å². The van der Waals surface area contributed by atoms with Gasteiger partial charge in [0.15, 0.2) is 0 Å². The maximum Gasteiger partial charge on any atom is 0.328 e. The second kappa shape index (κ2) is 4.36. The lowest BCUT2D eigenvalue weighted by molar-refractivity contribution is -0.126. The lowest BCUT2D eigenvalue weighted by atomic mass is 9.77. The molecule has 3 atom stereocenters. The molecule has 3 rings (SSSR count). The molecule has 1 aliphatic carbocycles. The van der Waals surface area contributed by atoms with Crippen LogP contribution in [0.25, 0.3) is 0 Å². The summed E-state index contributed by atoms with van der Waals surface area (Å²) in [5.41, 5.74) is -0.217. The lowest BCUT2D eigenvalue weighted by Crippen LogP contribution is -2.52. The molecule has 1 aromatic rings. The molecule has 1 saturated heterocycles. The minimum absolute atomic E-state index is 0.00278. The van der Waals surface area contributed by atoms with E-state index in [0.717, 1.165) is 19.3 Å². The van der Waals surface area contributed by atoms with Gasteiger partial charge in [-0.1, -0.05) is 0 Å². The topological polar surface area (TPSA) is 84.0 Å². The van der Waals surface area contributed by atoms with Crippen LogP contribution in [0.2, 0.25) is 0 Å². The van der Waals surface area contributed by atoms with Gasteiger partial charge in [0, 0.05) is 24.2 Å². The van der Waals surface area contributed by atoms with Gasteiger partial charge in [0.2, 0.25) is 5.91 Å². The summed E-state index contributed by atoms with van der Waals surface area (Å²) in [5, 5.41) is 2.97. The first-order valence-electron chi connectivity index (χ1n) is 6.66. The molecular weight excluding hydrogens is 246 g/mol. The predicted molar refractivity (Wildman–Crippen MR) is 69.0 cm³/mol. The van der Waals surface area contributed by atoms with Crippen molar-refractivity contribution in [1.29, 1.82) is 0 Å². The number of carbonyl (C=O) groups excluding carboxylic acids is 1. The number of aromatic nitrogens is 2. The molecule has 1 aromatic heterocycles. The van der Waals surface area contributed by atoms with E-state index in [1.807, 2.05) is 0 Å². The SMILES string of the molecule is Cc1cn([C@@H]2CC[C@H]3CC(=O)NC2C3)c(=O)[nH]c1=O. The second-order valence-corrected chi connectivity index (χ2v) is 5.60. The molecule has 2 heterocycles. The molecule has 0 aromatic carbocycles. The van der Waals surface area contributed by atoms with Crippen molar-refractivity contribution in [2.75, 3.05) is 0 Å². The zero-order chi connectivity index (χ0) is 13.6. The smallest absolute Gasteiger partial charge is 0.328 e. The number of rotatable bonds is 1. The number of fused-ring (bicyclic) bond motifs is 2. The molecule has 2 fully saturated rings. The van der Waals surface area contributed by atoms with Crippen LogP contribution in [-0.2, 0) is 4.79 Å². The maximum atomic E-state index is 11.9. The van der Waals surface area contributed by atoms with Crippen LogP contribution < -0.4 is 16.6 Å². The molecule has 19 heavy (non-hydrogen) atoms. The first-order chi connectivity index (χ1) is 9.04. The molecule has 6 nitrogen and oxygen atoms in total. The summed E-state index contributed by atoms with van der Waals surface area (Å²) in [6, 6.07) is -0.0495. The minimum Gasteiger partial charge on any atom is -0.351 e. The van der Waals surface area contributed by atoms with Crippen molar-refractivity contribution in [2.45, 2.75) is 44.7 Å². The van der Waals surface area contributed by atoms with Crippen molar-refractivity contribution >= 4 is 5.91 Å². The molecule has 6 heteroatoms. The van der Waals surface area contributed by atoms with Gasteiger partial charge < -0.3 is 5.32 Å². The largest absolute Gasteiger partial charge is 0.351 e. The summed E-state index contributed by atoms with van der Waals surface area (Å²) in [7, 11) is 0. The monoisotopic (exact) mass is 263 g/mol. The molecule has 1 aliphatic heterocycles. The van der Waals surface area contributed by atoms with Gasteiger partial charge in [-0.2, -0.15) is 0 Å². The number of carbonyl (C=O) groups is 1. The average molecular weight is 263 g/mol. The zero-order valence-corrected chi connectivity index (χ0v) is 10.8. The Bertz CT molecular complexity index is 631. The highest BCUT2D eigenvalue weighted by Gasteiger charge is 2.37. The van der Waals surface area contributed by atoms with E-state index in [4.69, 9.17) is 0 Å². The minimum atomic E-state index is -0.390. The highest BCUT2D eigenvalue weighted by Crippen LogP contribution is 2.36. The summed E-state index contributed by atoms with van der Waals surface area (Å²) < 4.78 is 1.57. The van der Waals surface area contributed by atoms with E-state index in [1.54, 1.807) is 17.7 Å². The van der Waals surface area contributed by atoms with Crippen molar-refractivity contribution in [1.82, 2.24) is 14.9 Å². The number of hydrogen-bond acceptors (Lipinski definition) is 3. The molecule has 102 valence electrons. The standard InChI is InChI=1S/C13H17N3O3/c1-7-6-16(13(19)15-12(7)18)10-3-2-8-4-9(10)14-11(17)5-8/h6,8-10H,2-5H2,1H3,(H,14,17)(H,15,18,19)/t8-,9?,10-/m1/s1. The number of piperidine rings is 1. The van der Waals surface area contributed by atoms with E-state index < -0.39 is 0 Å². The van der Waals surface area contributed by atoms with Crippen LogP contribution in [0.4, 0.5) is 0 Å². The van der Waals surface area contributed by atoms with E-state index in [0.29, 0.717) is 17.9 Å². The Kier molecular flexibility index (Phi) is 2.80. The van der Waals surface area contributed by atoms with Gasteiger partial charge in [-0.25, -0.2) is 4.79 Å². The summed E-state index contributed by atoms with van der Waals surface area (Å²) >= 11 is 0. The van der Waals surface area contributed by atoms with E-state index in [1.165, 1.54) is 0 Å². The molecular formula is C13H17N3O3. The number of nitrogens with zero attached hydrogens (tertiary/aromatic N) is 1. The molecule has 2 N–H and O–H groups in total. The third-order valence-corrected chi connectivity index (χ3v) is 4.25. The maximum absolute atomic E-state index is 11.9. The molecule has 0 radical (unpaired) electrons. The number of aryl methyl sites for hydroxylation is 1. The number of aromatic amines is 1. The highest BCUT2D eigenvalue weighted by atomic mass is 16.2. The fourth-order valence-electron chi connectivity index (χ4n) is 3.28. The fourth-order valence-corrected chi connectivity index (χ4v) is 3.28. The van der Waals surface area contributed by atoms with Gasteiger partial charge in [0.25, 0.3) is 5.56 Å². The van der Waals surface area contributed by atoms with Crippen LogP contribution in [0.15, 0.2) is 15.8 Å². The summed E-state index contributed by atoms with van der Waals surface area (Å²) in [6.45, 7) is 1.68. The third-order valence-electron chi connectivity index (χ3n) is 4.25. The fraction of sp³-hybridized carbons (Fsp3) is 0.615. The van der Waals surface area contributed by atoms with Crippen LogP contribution in [0.5, 0.6) is 0 Å². The zero-order valence-electron chi connectivity index (χ0n) is 10.8. The Morgan fingerprint density at radius 3 is 2.84 bits per heavy atom. The van der Waals surface area contributed by atoms with Gasteiger partial charge in [0.1, 0.15) is 0 Å². The van der Waals surface area contributed by atoms with Gasteiger partial charge in [-0.3, -0.25) is 19.1 Å². The van der Waals surface area contributed by atoms with E-state index in [2.05, 4.69) is 10.3 Å². The number of nitrogens with one attached hydrogen (secondary N) is 2. The van der Waals surface area contributed by atoms with Crippen LogP contribution in [0, 0.1) is 12.8 Å². The molecule has 0 spiro atoms. The van der Waals surface area contributed by atoms with Crippen molar-refractivity contribution in [3.05, 3.63) is 32.6 Å². The highest BCUT2D eigenvalue weighted by molar-refractivity contribution is 5.77. The van der Waals surface area contributed by atoms with E-state index >= 15 is 0 Å². The second-order valence-electron chi connectivity index (χ2n) is 5.60. The van der Waals surface area contributed by atoms with E-state index in [9.17, 15) is 14.4 Å². The summed E-state index contributed by atoms with van der Waals surface area (Å²) in [5.74, 6) is 0.509. The van der Waals surface area contributed by atoms with E-state index in [-0.39, 0.29) is 29.2 Å². The Labute approximate surface area is 109 Å². The lowest BCUT2D eigenvalue weighted by Gasteiger charge is -2.40. The number of amides is 1. The number of hydrogen-bond donors (Lipinski definition) is 2. The number of H-pyrrole nitrogens is 1. The first kappa shape index (κ1) is 12.2. The van der Waals surface area contributed by atoms with Crippen molar-refractivity contribution < 1.29 is 4.79 Å². The van der Waals surface area contributed by atoms with Crippen molar-refractivity contribution in [2.24, 2.45) is 5.92 Å². The molecule has 2 bridgehead atoms. The van der Waals surface area contributed by atoms with Crippen LogP contribution in [0.3, 0.4) is 0 Å². The Hall–Kier alpha value is -1.85. The van der Waals surface area contributed by atoms with Crippen molar-refractivity contribution in [3.8, 4) is 0 Å².